The molecule has 0 unspecified atom stereocenters. The van der Waals surface area contributed by atoms with Gasteiger partial charge in [0.2, 0.25) is 0 Å². The van der Waals surface area contributed by atoms with Crippen LogP contribution in [-0.4, -0.2) is 35.5 Å². The normalized spacial score (nSPS) is 17.5. The maximum Gasteiger partial charge on any atom is 0.255 e. The van der Waals surface area contributed by atoms with Crippen molar-refractivity contribution in [2.75, 3.05) is 26.2 Å². The van der Waals surface area contributed by atoms with E-state index in [9.17, 15) is 4.79 Å². The second-order valence-corrected chi connectivity index (χ2v) is 5.85. The third kappa shape index (κ3) is 3.00. The summed E-state index contributed by atoms with van der Waals surface area (Å²) < 4.78 is 2.38. The quantitative estimate of drug-likeness (QED) is 0.821. The molecule has 1 aromatic carbocycles. The summed E-state index contributed by atoms with van der Waals surface area (Å²) in [5.74, 6) is 0. The summed E-state index contributed by atoms with van der Waals surface area (Å²) in [4.78, 5) is 15.5. The summed E-state index contributed by atoms with van der Waals surface area (Å²) in [6, 6.07) is 7.98. The number of H-pyrrole nitrogens is 1. The highest BCUT2D eigenvalue weighted by molar-refractivity contribution is 7.97. The molecule has 1 saturated heterocycles. The largest absolute Gasteiger partial charge is 0.329 e. The highest BCUT2D eigenvalue weighted by atomic mass is 32.2. The number of aromatic nitrogens is 1. The van der Waals surface area contributed by atoms with Crippen LogP contribution in [0.5, 0.6) is 0 Å². The van der Waals surface area contributed by atoms with Crippen LogP contribution >= 0.6 is 11.9 Å². The summed E-state index contributed by atoms with van der Waals surface area (Å²) >= 11 is 1.78. The van der Waals surface area contributed by atoms with E-state index in [1.807, 2.05) is 18.2 Å². The van der Waals surface area contributed by atoms with Crippen molar-refractivity contribution in [3.8, 4) is 0 Å². The van der Waals surface area contributed by atoms with Crippen LogP contribution < -0.4 is 10.9 Å². The number of aromatic amines is 1. The number of nitrogens with one attached hydrogen (secondary N) is 2. The van der Waals surface area contributed by atoms with Gasteiger partial charge in [-0.25, -0.2) is 4.31 Å². The van der Waals surface area contributed by atoms with E-state index >= 15 is 0 Å². The molecule has 0 amide bonds. The zero-order valence-electron chi connectivity index (χ0n) is 10.7. The molecule has 100 valence electrons. The standard InChI is InChI=1S/C14H17N3OS/c18-14-13-3-2-12(10-11(13)4-6-16-14)19-17-8-1-5-15-7-9-17/h2-4,6,10,15H,1,5,7-9H2,(H,16,18). The van der Waals surface area contributed by atoms with Crippen molar-refractivity contribution in [3.05, 3.63) is 40.8 Å². The van der Waals surface area contributed by atoms with Crippen LogP contribution in [0.2, 0.25) is 0 Å². The lowest BCUT2D eigenvalue weighted by Crippen LogP contribution is -2.22. The van der Waals surface area contributed by atoms with Crippen molar-refractivity contribution >= 4 is 22.7 Å². The monoisotopic (exact) mass is 275 g/mol. The van der Waals surface area contributed by atoms with Gasteiger partial charge in [-0.3, -0.25) is 4.79 Å². The van der Waals surface area contributed by atoms with E-state index < -0.39 is 0 Å². The number of fused-ring (bicyclic) bond motifs is 1. The van der Waals surface area contributed by atoms with E-state index in [0.29, 0.717) is 0 Å². The molecule has 2 heterocycles. The Balaban J connectivity index is 1.83. The van der Waals surface area contributed by atoms with Gasteiger partial charge in [0.05, 0.1) is 0 Å². The third-order valence-electron chi connectivity index (χ3n) is 3.28. The SMILES string of the molecule is O=c1[nH]ccc2cc(SN3CCCNCC3)ccc12. The van der Waals surface area contributed by atoms with Crippen molar-refractivity contribution < 1.29 is 0 Å². The van der Waals surface area contributed by atoms with Crippen LogP contribution in [0, 0.1) is 0 Å². The zero-order chi connectivity index (χ0) is 13.1. The van der Waals surface area contributed by atoms with Crippen molar-refractivity contribution in [2.45, 2.75) is 11.3 Å². The van der Waals surface area contributed by atoms with Gasteiger partial charge in [-0.1, -0.05) is 0 Å². The van der Waals surface area contributed by atoms with Crippen LogP contribution in [-0.2, 0) is 0 Å². The minimum Gasteiger partial charge on any atom is -0.329 e. The Morgan fingerprint density at radius 2 is 2.11 bits per heavy atom. The molecule has 0 radical (unpaired) electrons. The Kier molecular flexibility index (Phi) is 3.87. The summed E-state index contributed by atoms with van der Waals surface area (Å²) in [5, 5.41) is 5.16. The molecule has 1 aliphatic rings. The van der Waals surface area contributed by atoms with Gasteiger partial charge in [0.15, 0.2) is 0 Å². The van der Waals surface area contributed by atoms with Crippen LogP contribution in [0.1, 0.15) is 6.42 Å². The zero-order valence-corrected chi connectivity index (χ0v) is 11.5. The smallest absolute Gasteiger partial charge is 0.255 e. The number of hydrogen-bond acceptors (Lipinski definition) is 4. The van der Waals surface area contributed by atoms with E-state index in [4.69, 9.17) is 0 Å². The lowest BCUT2D eigenvalue weighted by atomic mass is 10.2. The fraction of sp³-hybridized carbons (Fsp3) is 0.357. The Labute approximate surface area is 116 Å². The van der Waals surface area contributed by atoms with Gasteiger partial charge >= 0.3 is 0 Å². The number of hydrogen-bond donors (Lipinski definition) is 2. The van der Waals surface area contributed by atoms with Gasteiger partial charge in [0, 0.05) is 36.1 Å². The first kappa shape index (κ1) is 12.7. The summed E-state index contributed by atoms with van der Waals surface area (Å²) in [5.41, 5.74) is -0.0203. The van der Waals surface area contributed by atoms with Gasteiger partial charge in [-0.05, 0) is 54.6 Å². The highest BCUT2D eigenvalue weighted by Crippen LogP contribution is 2.25. The van der Waals surface area contributed by atoms with Crippen LogP contribution in [0.15, 0.2) is 40.2 Å². The molecule has 0 aliphatic carbocycles. The van der Waals surface area contributed by atoms with Gasteiger partial charge < -0.3 is 10.3 Å². The molecule has 4 nitrogen and oxygen atoms in total. The molecule has 0 atom stereocenters. The molecule has 1 aromatic heterocycles. The molecular formula is C14H17N3OS. The predicted molar refractivity (Wildman–Crippen MR) is 79.5 cm³/mol. The van der Waals surface area contributed by atoms with Crippen molar-refractivity contribution in [1.82, 2.24) is 14.6 Å². The number of rotatable bonds is 2. The molecular weight excluding hydrogens is 258 g/mol. The molecule has 2 aromatic rings. The summed E-state index contributed by atoms with van der Waals surface area (Å²) in [6.07, 6.45) is 2.88. The Hall–Kier alpha value is -1.30. The maximum atomic E-state index is 11.6. The lowest BCUT2D eigenvalue weighted by molar-refractivity contribution is 0.502. The van der Waals surface area contributed by atoms with Crippen molar-refractivity contribution in [2.24, 2.45) is 0 Å². The Morgan fingerprint density at radius 1 is 1.16 bits per heavy atom. The Morgan fingerprint density at radius 3 is 3.05 bits per heavy atom. The highest BCUT2D eigenvalue weighted by Gasteiger charge is 2.10. The third-order valence-corrected chi connectivity index (χ3v) is 4.37. The molecule has 1 aliphatic heterocycles. The first-order chi connectivity index (χ1) is 9.33. The maximum absolute atomic E-state index is 11.6. The van der Waals surface area contributed by atoms with Crippen molar-refractivity contribution in [1.29, 1.82) is 0 Å². The summed E-state index contributed by atoms with van der Waals surface area (Å²) in [7, 11) is 0. The predicted octanol–water partition coefficient (Wildman–Crippen LogP) is 1.83. The molecule has 1 fully saturated rings. The second-order valence-electron chi connectivity index (χ2n) is 4.68. The topological polar surface area (TPSA) is 48.1 Å². The minimum atomic E-state index is -0.0203. The first-order valence-electron chi connectivity index (χ1n) is 6.58. The fourth-order valence-corrected chi connectivity index (χ4v) is 3.30. The van der Waals surface area contributed by atoms with Crippen molar-refractivity contribution in [3.63, 3.8) is 0 Å². The summed E-state index contributed by atoms with van der Waals surface area (Å²) in [6.45, 7) is 4.30. The van der Waals surface area contributed by atoms with Gasteiger partial charge in [0.25, 0.3) is 5.56 Å². The van der Waals surface area contributed by atoms with Crippen LogP contribution in [0.4, 0.5) is 0 Å². The van der Waals surface area contributed by atoms with E-state index in [-0.39, 0.29) is 5.56 Å². The minimum absolute atomic E-state index is 0.0203. The van der Waals surface area contributed by atoms with E-state index in [1.54, 1.807) is 18.1 Å². The molecule has 0 saturated carbocycles. The van der Waals surface area contributed by atoms with E-state index in [2.05, 4.69) is 20.7 Å². The first-order valence-corrected chi connectivity index (χ1v) is 7.35. The number of nitrogens with zero attached hydrogens (tertiary/aromatic N) is 1. The van der Waals surface area contributed by atoms with E-state index in [0.717, 1.165) is 37.0 Å². The van der Waals surface area contributed by atoms with Crippen LogP contribution in [0.25, 0.3) is 10.8 Å². The lowest BCUT2D eigenvalue weighted by Gasteiger charge is -2.18. The average molecular weight is 275 g/mol. The average Bonchev–Trinajstić information content (AvgIpc) is 2.68. The molecule has 0 bridgehead atoms. The van der Waals surface area contributed by atoms with Gasteiger partial charge in [0.1, 0.15) is 0 Å². The van der Waals surface area contributed by atoms with E-state index in [1.165, 1.54) is 11.3 Å². The number of benzene rings is 1. The molecule has 0 spiro atoms. The number of pyridine rings is 1. The van der Waals surface area contributed by atoms with Gasteiger partial charge in [-0.15, -0.1) is 0 Å². The second kappa shape index (κ2) is 5.77. The Bertz CT molecular complexity index is 617. The van der Waals surface area contributed by atoms with Gasteiger partial charge in [-0.2, -0.15) is 0 Å². The molecule has 5 heteroatoms. The molecule has 19 heavy (non-hydrogen) atoms. The molecule has 3 rings (SSSR count). The fourth-order valence-electron chi connectivity index (χ4n) is 2.29. The van der Waals surface area contributed by atoms with Crippen LogP contribution in [0.3, 0.4) is 0 Å². The molecule has 2 N–H and O–H groups in total.